The molecule has 1 saturated carbocycles. The van der Waals surface area contributed by atoms with E-state index in [0.29, 0.717) is 19.1 Å². The van der Waals surface area contributed by atoms with E-state index in [1.807, 2.05) is 24.2 Å². The lowest BCUT2D eigenvalue weighted by atomic mass is 10.0. The molecule has 22 heavy (non-hydrogen) atoms. The van der Waals surface area contributed by atoms with Gasteiger partial charge in [-0.05, 0) is 25.3 Å². The van der Waals surface area contributed by atoms with Gasteiger partial charge in [0.1, 0.15) is 0 Å². The van der Waals surface area contributed by atoms with Crippen molar-refractivity contribution in [3.63, 3.8) is 0 Å². The number of hydrogen-bond donors (Lipinski definition) is 0. The zero-order chi connectivity index (χ0) is 15.2. The summed E-state index contributed by atoms with van der Waals surface area (Å²) in [6, 6.07) is 0. The van der Waals surface area contributed by atoms with Crippen LogP contribution in [-0.4, -0.2) is 60.2 Å². The van der Waals surface area contributed by atoms with Crippen LogP contribution in [0.15, 0.2) is 12.4 Å². The van der Waals surface area contributed by atoms with Gasteiger partial charge in [-0.15, -0.1) is 0 Å². The van der Waals surface area contributed by atoms with Crippen molar-refractivity contribution in [3.8, 4) is 0 Å². The molecule has 2 aliphatic heterocycles. The van der Waals surface area contributed by atoms with Crippen LogP contribution in [0.1, 0.15) is 18.4 Å². The normalized spacial score (nSPS) is 30.9. The largest absolute Gasteiger partial charge is 0.378 e. The van der Waals surface area contributed by atoms with Crippen molar-refractivity contribution in [2.75, 3.05) is 44.3 Å². The van der Waals surface area contributed by atoms with Crippen LogP contribution in [0.25, 0.3) is 0 Å². The number of morpholine rings is 1. The molecule has 118 valence electrons. The zero-order valence-electron chi connectivity index (χ0n) is 13.0. The van der Waals surface area contributed by atoms with Crippen LogP contribution in [0.4, 0.5) is 5.95 Å². The molecule has 0 bridgehead atoms. The van der Waals surface area contributed by atoms with E-state index in [9.17, 15) is 4.79 Å². The van der Waals surface area contributed by atoms with Gasteiger partial charge < -0.3 is 14.5 Å². The minimum absolute atomic E-state index is 0.170. The topological polar surface area (TPSA) is 58.6 Å². The molecule has 6 heteroatoms. The van der Waals surface area contributed by atoms with E-state index in [0.717, 1.165) is 50.5 Å². The van der Waals surface area contributed by atoms with Gasteiger partial charge in [0, 0.05) is 49.9 Å². The molecular weight excluding hydrogens is 280 g/mol. The molecule has 4 rings (SSSR count). The Bertz CT molecular complexity index is 570. The number of carbonyl (C=O) groups is 1. The van der Waals surface area contributed by atoms with E-state index in [2.05, 4.69) is 14.9 Å². The van der Waals surface area contributed by atoms with Crippen molar-refractivity contribution >= 4 is 11.9 Å². The first kappa shape index (κ1) is 13.9. The molecule has 1 aromatic rings. The fourth-order valence-electron chi connectivity index (χ4n) is 3.77. The Kier molecular flexibility index (Phi) is 3.29. The average Bonchev–Trinajstić information content (AvgIpc) is 3.09. The lowest BCUT2D eigenvalue weighted by Crippen LogP contribution is -2.42. The lowest BCUT2D eigenvalue weighted by molar-refractivity contribution is -0.137. The lowest BCUT2D eigenvalue weighted by Gasteiger charge is -2.27. The van der Waals surface area contributed by atoms with Gasteiger partial charge in [0.25, 0.3) is 0 Å². The highest BCUT2D eigenvalue weighted by molar-refractivity contribution is 5.83. The van der Waals surface area contributed by atoms with Gasteiger partial charge in [-0.3, -0.25) is 4.79 Å². The van der Waals surface area contributed by atoms with Gasteiger partial charge in [-0.25, -0.2) is 9.97 Å². The molecule has 2 saturated heterocycles. The zero-order valence-corrected chi connectivity index (χ0v) is 13.0. The Morgan fingerprint density at radius 3 is 2.73 bits per heavy atom. The Morgan fingerprint density at radius 2 is 2.00 bits per heavy atom. The number of hydrogen-bond acceptors (Lipinski definition) is 5. The maximum Gasteiger partial charge on any atom is 0.226 e. The van der Waals surface area contributed by atoms with Crippen molar-refractivity contribution < 1.29 is 9.53 Å². The fraction of sp³-hybridized carbons (Fsp3) is 0.688. The van der Waals surface area contributed by atoms with Gasteiger partial charge in [0.15, 0.2) is 0 Å². The molecule has 0 aromatic carbocycles. The SMILES string of the molecule is Cc1cnc(N2CCC3(CC3C(=O)N3CCOCC3)C2)nc1. The molecule has 2 unspecified atom stereocenters. The van der Waals surface area contributed by atoms with Gasteiger partial charge in [0.2, 0.25) is 11.9 Å². The highest BCUT2D eigenvalue weighted by Crippen LogP contribution is 2.59. The van der Waals surface area contributed by atoms with Crippen molar-refractivity contribution in [1.82, 2.24) is 14.9 Å². The number of ether oxygens (including phenoxy) is 1. The summed E-state index contributed by atoms with van der Waals surface area (Å²) in [5.74, 6) is 1.32. The standard InChI is InChI=1S/C16H22N4O2/c1-12-9-17-15(18-10-12)20-3-2-16(11-20)8-13(16)14(21)19-4-6-22-7-5-19/h9-10,13H,2-8,11H2,1H3. The number of aryl methyl sites for hydroxylation is 1. The first-order valence-corrected chi connectivity index (χ1v) is 8.08. The van der Waals surface area contributed by atoms with E-state index >= 15 is 0 Å². The predicted molar refractivity (Wildman–Crippen MR) is 81.5 cm³/mol. The first-order chi connectivity index (χ1) is 10.7. The first-order valence-electron chi connectivity index (χ1n) is 8.08. The fourth-order valence-corrected chi connectivity index (χ4v) is 3.77. The summed E-state index contributed by atoms with van der Waals surface area (Å²) in [4.78, 5) is 25.7. The average molecular weight is 302 g/mol. The summed E-state index contributed by atoms with van der Waals surface area (Å²) < 4.78 is 5.33. The molecule has 3 heterocycles. The number of rotatable bonds is 2. The van der Waals surface area contributed by atoms with Crippen LogP contribution in [0.2, 0.25) is 0 Å². The molecule has 1 aromatic heterocycles. The van der Waals surface area contributed by atoms with E-state index in [4.69, 9.17) is 4.74 Å². The predicted octanol–water partition coefficient (Wildman–Crippen LogP) is 0.860. The van der Waals surface area contributed by atoms with E-state index in [1.165, 1.54) is 0 Å². The maximum absolute atomic E-state index is 12.6. The third-order valence-corrected chi connectivity index (χ3v) is 5.25. The summed E-state index contributed by atoms with van der Waals surface area (Å²) in [6.07, 6.45) is 5.81. The van der Waals surface area contributed by atoms with Crippen molar-refractivity contribution in [3.05, 3.63) is 18.0 Å². The summed E-state index contributed by atoms with van der Waals surface area (Å²) in [5.41, 5.74) is 1.24. The quantitative estimate of drug-likeness (QED) is 0.811. The summed E-state index contributed by atoms with van der Waals surface area (Å²) in [7, 11) is 0. The van der Waals surface area contributed by atoms with Gasteiger partial charge in [-0.1, -0.05) is 0 Å². The van der Waals surface area contributed by atoms with Crippen molar-refractivity contribution in [2.45, 2.75) is 19.8 Å². The Labute approximate surface area is 130 Å². The number of aromatic nitrogens is 2. The second-order valence-electron chi connectivity index (χ2n) is 6.79. The Balaban J connectivity index is 1.40. The number of amides is 1. The molecule has 3 aliphatic rings. The Morgan fingerprint density at radius 1 is 1.27 bits per heavy atom. The van der Waals surface area contributed by atoms with Crippen LogP contribution in [0.5, 0.6) is 0 Å². The number of anilines is 1. The van der Waals surface area contributed by atoms with Gasteiger partial charge in [0.05, 0.1) is 13.2 Å². The Hall–Kier alpha value is -1.69. The summed E-state index contributed by atoms with van der Waals surface area (Å²) in [6.45, 7) is 6.70. The second kappa shape index (κ2) is 5.19. The number of nitrogens with zero attached hydrogens (tertiary/aromatic N) is 4. The van der Waals surface area contributed by atoms with Crippen molar-refractivity contribution in [2.24, 2.45) is 11.3 Å². The van der Waals surface area contributed by atoms with E-state index in [1.54, 1.807) is 0 Å². The molecule has 6 nitrogen and oxygen atoms in total. The maximum atomic E-state index is 12.6. The molecule has 0 N–H and O–H groups in total. The molecule has 3 fully saturated rings. The van der Waals surface area contributed by atoms with Crippen LogP contribution < -0.4 is 4.90 Å². The van der Waals surface area contributed by atoms with Crippen LogP contribution in [0, 0.1) is 18.3 Å². The van der Waals surface area contributed by atoms with Crippen molar-refractivity contribution in [1.29, 1.82) is 0 Å². The molecule has 1 aliphatic carbocycles. The molecule has 2 atom stereocenters. The van der Waals surface area contributed by atoms with Crippen LogP contribution >= 0.6 is 0 Å². The third-order valence-electron chi connectivity index (χ3n) is 5.25. The summed E-state index contributed by atoms with van der Waals surface area (Å²) >= 11 is 0. The molecular formula is C16H22N4O2. The van der Waals surface area contributed by atoms with E-state index in [-0.39, 0.29) is 11.3 Å². The molecule has 1 spiro atoms. The highest BCUT2D eigenvalue weighted by Gasteiger charge is 2.61. The number of carbonyl (C=O) groups excluding carboxylic acids is 1. The van der Waals surface area contributed by atoms with Gasteiger partial charge in [-0.2, -0.15) is 0 Å². The third kappa shape index (κ3) is 2.35. The summed E-state index contributed by atoms with van der Waals surface area (Å²) in [5, 5.41) is 0. The van der Waals surface area contributed by atoms with Gasteiger partial charge >= 0.3 is 0 Å². The minimum Gasteiger partial charge on any atom is -0.378 e. The second-order valence-corrected chi connectivity index (χ2v) is 6.79. The monoisotopic (exact) mass is 302 g/mol. The van der Waals surface area contributed by atoms with Crippen LogP contribution in [0.3, 0.4) is 0 Å². The van der Waals surface area contributed by atoms with E-state index < -0.39 is 0 Å². The molecule has 1 amide bonds. The highest BCUT2D eigenvalue weighted by atomic mass is 16.5. The van der Waals surface area contributed by atoms with Crippen LogP contribution in [-0.2, 0) is 9.53 Å². The minimum atomic E-state index is 0.170. The smallest absolute Gasteiger partial charge is 0.226 e. The molecule has 0 radical (unpaired) electrons.